The number of aryl methyl sites for hydroxylation is 2. The van der Waals surface area contributed by atoms with E-state index in [0.29, 0.717) is 16.6 Å². The molecule has 1 aromatic carbocycles. The van der Waals surface area contributed by atoms with Gasteiger partial charge in [0.05, 0.1) is 22.5 Å². The van der Waals surface area contributed by atoms with Crippen LogP contribution in [0, 0.1) is 13.8 Å². The van der Waals surface area contributed by atoms with E-state index in [1.807, 2.05) is 44.2 Å². The molecule has 1 saturated carbocycles. The SMILES string of the molecule is Cc1nn(C(C)C(=O)NC2CCCCCCC2)c(=O)c2c(C)n(-c3ccccc3)nc12. The molecule has 1 aliphatic rings. The standard InChI is InChI=1S/C24H31N5O2/c1-16-22-21(17(2)28(27-22)20-14-10-7-11-15-20)24(31)29(26-16)18(3)23(30)25-19-12-8-5-4-6-9-13-19/h7,10-11,14-15,18-19H,4-6,8-9,12-13H2,1-3H3,(H,25,30). The van der Waals surface area contributed by atoms with Crippen LogP contribution in [0.25, 0.3) is 16.6 Å². The molecule has 7 heteroatoms. The number of rotatable bonds is 4. The average molecular weight is 422 g/mol. The Morgan fingerprint density at radius 1 is 1.03 bits per heavy atom. The molecule has 0 saturated heterocycles. The van der Waals surface area contributed by atoms with Gasteiger partial charge in [-0.3, -0.25) is 9.59 Å². The Hall–Kier alpha value is -2.96. The third kappa shape index (κ3) is 4.27. The quantitative estimate of drug-likeness (QED) is 0.691. The molecule has 164 valence electrons. The molecule has 0 radical (unpaired) electrons. The second-order valence-corrected chi connectivity index (χ2v) is 8.62. The summed E-state index contributed by atoms with van der Waals surface area (Å²) in [5, 5.41) is 12.8. The molecule has 0 bridgehead atoms. The number of carbonyl (C=O) groups is 1. The number of fused-ring (bicyclic) bond motifs is 1. The van der Waals surface area contributed by atoms with Crippen LogP contribution in [0.15, 0.2) is 35.1 Å². The van der Waals surface area contributed by atoms with Crippen molar-refractivity contribution < 1.29 is 4.79 Å². The monoisotopic (exact) mass is 421 g/mol. The first-order valence-electron chi connectivity index (χ1n) is 11.3. The number of amides is 1. The summed E-state index contributed by atoms with van der Waals surface area (Å²) < 4.78 is 3.09. The van der Waals surface area contributed by atoms with Gasteiger partial charge in [0.15, 0.2) is 0 Å². The van der Waals surface area contributed by atoms with Gasteiger partial charge >= 0.3 is 0 Å². The van der Waals surface area contributed by atoms with E-state index in [4.69, 9.17) is 0 Å². The molecule has 1 N–H and O–H groups in total. The molecule has 1 fully saturated rings. The van der Waals surface area contributed by atoms with Crippen molar-refractivity contribution in [2.45, 2.75) is 77.8 Å². The molecule has 31 heavy (non-hydrogen) atoms. The fraction of sp³-hybridized carbons (Fsp3) is 0.500. The van der Waals surface area contributed by atoms with Gasteiger partial charge in [0.1, 0.15) is 11.6 Å². The number of benzene rings is 1. The molecule has 1 aliphatic carbocycles. The van der Waals surface area contributed by atoms with Crippen LogP contribution in [-0.2, 0) is 4.79 Å². The highest BCUT2D eigenvalue weighted by atomic mass is 16.2. The number of nitrogens with zero attached hydrogens (tertiary/aromatic N) is 4. The number of carbonyl (C=O) groups excluding carboxylic acids is 1. The summed E-state index contributed by atoms with van der Waals surface area (Å²) >= 11 is 0. The Labute approximate surface area is 182 Å². The minimum atomic E-state index is -0.680. The van der Waals surface area contributed by atoms with E-state index in [1.54, 1.807) is 11.6 Å². The van der Waals surface area contributed by atoms with E-state index < -0.39 is 6.04 Å². The summed E-state index contributed by atoms with van der Waals surface area (Å²) in [4.78, 5) is 26.3. The summed E-state index contributed by atoms with van der Waals surface area (Å²) in [6.07, 6.45) is 8.02. The van der Waals surface area contributed by atoms with Crippen LogP contribution < -0.4 is 10.9 Å². The van der Waals surface area contributed by atoms with Gasteiger partial charge in [0.25, 0.3) is 5.56 Å². The lowest BCUT2D eigenvalue weighted by Gasteiger charge is -2.23. The van der Waals surface area contributed by atoms with Crippen molar-refractivity contribution in [3.63, 3.8) is 0 Å². The maximum Gasteiger partial charge on any atom is 0.278 e. The lowest BCUT2D eigenvalue weighted by atomic mass is 9.96. The summed E-state index contributed by atoms with van der Waals surface area (Å²) in [6, 6.07) is 9.21. The number of para-hydroxylation sites is 1. The van der Waals surface area contributed by atoms with Crippen LogP contribution in [0.3, 0.4) is 0 Å². The largest absolute Gasteiger partial charge is 0.352 e. The van der Waals surface area contributed by atoms with Crippen molar-refractivity contribution in [3.8, 4) is 5.69 Å². The van der Waals surface area contributed by atoms with Crippen LogP contribution in [-0.4, -0.2) is 31.5 Å². The summed E-state index contributed by atoms with van der Waals surface area (Å²) in [5.74, 6) is -0.146. The number of nitrogens with one attached hydrogen (secondary N) is 1. The van der Waals surface area contributed by atoms with Crippen LogP contribution >= 0.6 is 0 Å². The lowest BCUT2D eigenvalue weighted by Crippen LogP contribution is -2.42. The Morgan fingerprint density at radius 2 is 1.68 bits per heavy atom. The third-order valence-corrected chi connectivity index (χ3v) is 6.34. The van der Waals surface area contributed by atoms with Crippen LogP contribution in [0.2, 0.25) is 0 Å². The summed E-state index contributed by atoms with van der Waals surface area (Å²) in [5.41, 5.74) is 2.57. The van der Waals surface area contributed by atoms with Crippen molar-refractivity contribution >= 4 is 16.8 Å². The predicted octanol–water partition coefficient (Wildman–Crippen LogP) is 3.99. The van der Waals surface area contributed by atoms with E-state index in [-0.39, 0.29) is 17.5 Å². The molecule has 0 aliphatic heterocycles. The van der Waals surface area contributed by atoms with E-state index in [2.05, 4.69) is 15.5 Å². The highest BCUT2D eigenvalue weighted by Crippen LogP contribution is 2.21. The summed E-state index contributed by atoms with van der Waals surface area (Å²) in [7, 11) is 0. The maximum atomic E-state index is 13.4. The topological polar surface area (TPSA) is 81.8 Å². The van der Waals surface area contributed by atoms with E-state index in [9.17, 15) is 9.59 Å². The van der Waals surface area contributed by atoms with Crippen molar-refractivity contribution in [1.29, 1.82) is 0 Å². The van der Waals surface area contributed by atoms with Gasteiger partial charge in [-0.15, -0.1) is 0 Å². The normalized spacial score (nSPS) is 16.6. The Bertz CT molecular complexity index is 1120. The summed E-state index contributed by atoms with van der Waals surface area (Å²) in [6.45, 7) is 5.46. The first kappa shape index (κ1) is 21.3. The Kier molecular flexibility index (Phi) is 6.20. The van der Waals surface area contributed by atoms with Gasteiger partial charge in [0, 0.05) is 6.04 Å². The zero-order valence-corrected chi connectivity index (χ0v) is 18.6. The van der Waals surface area contributed by atoms with Gasteiger partial charge < -0.3 is 5.32 Å². The minimum Gasteiger partial charge on any atom is -0.352 e. The van der Waals surface area contributed by atoms with E-state index >= 15 is 0 Å². The second kappa shape index (κ2) is 9.04. The van der Waals surface area contributed by atoms with Gasteiger partial charge in [-0.05, 0) is 45.7 Å². The van der Waals surface area contributed by atoms with Crippen molar-refractivity contribution in [1.82, 2.24) is 24.9 Å². The zero-order valence-electron chi connectivity index (χ0n) is 18.6. The van der Waals surface area contributed by atoms with Crippen molar-refractivity contribution in [2.75, 3.05) is 0 Å². The maximum absolute atomic E-state index is 13.4. The molecule has 1 atom stereocenters. The number of aromatic nitrogens is 4. The Morgan fingerprint density at radius 3 is 2.35 bits per heavy atom. The van der Waals surface area contributed by atoms with Crippen molar-refractivity contribution in [3.05, 3.63) is 52.1 Å². The Balaban J connectivity index is 1.66. The van der Waals surface area contributed by atoms with Crippen molar-refractivity contribution in [2.24, 2.45) is 0 Å². The van der Waals surface area contributed by atoms with Gasteiger partial charge in [0.2, 0.25) is 5.91 Å². The molecular formula is C24H31N5O2. The minimum absolute atomic E-state index is 0.146. The lowest BCUT2D eigenvalue weighted by molar-refractivity contribution is -0.125. The molecule has 7 nitrogen and oxygen atoms in total. The molecule has 2 heterocycles. The van der Waals surface area contributed by atoms with Crippen LogP contribution in [0.1, 0.15) is 69.3 Å². The first-order valence-corrected chi connectivity index (χ1v) is 11.3. The van der Waals surface area contributed by atoms with E-state index in [1.165, 1.54) is 23.9 Å². The van der Waals surface area contributed by atoms with E-state index in [0.717, 1.165) is 37.1 Å². The van der Waals surface area contributed by atoms with Gasteiger partial charge in [-0.2, -0.15) is 10.2 Å². The molecule has 1 amide bonds. The molecule has 1 unspecified atom stereocenters. The second-order valence-electron chi connectivity index (χ2n) is 8.62. The van der Waals surface area contributed by atoms with Crippen LogP contribution in [0.4, 0.5) is 0 Å². The number of hydrogen-bond acceptors (Lipinski definition) is 4. The fourth-order valence-electron chi connectivity index (χ4n) is 4.50. The smallest absolute Gasteiger partial charge is 0.278 e. The number of hydrogen-bond donors (Lipinski definition) is 1. The predicted molar refractivity (Wildman–Crippen MR) is 122 cm³/mol. The zero-order chi connectivity index (χ0) is 22.0. The third-order valence-electron chi connectivity index (χ3n) is 6.34. The first-order chi connectivity index (χ1) is 15.0. The average Bonchev–Trinajstić information content (AvgIpc) is 3.10. The molecular weight excluding hydrogens is 390 g/mol. The van der Waals surface area contributed by atoms with Gasteiger partial charge in [-0.25, -0.2) is 9.36 Å². The fourth-order valence-corrected chi connectivity index (χ4v) is 4.50. The molecule has 4 rings (SSSR count). The molecule has 0 spiro atoms. The highest BCUT2D eigenvalue weighted by Gasteiger charge is 2.25. The molecule has 3 aromatic rings. The molecule has 2 aromatic heterocycles. The van der Waals surface area contributed by atoms with Crippen LogP contribution in [0.5, 0.6) is 0 Å². The highest BCUT2D eigenvalue weighted by molar-refractivity contribution is 5.84. The van der Waals surface area contributed by atoms with Gasteiger partial charge in [-0.1, -0.05) is 50.3 Å².